The molecule has 8 heteroatoms. The highest BCUT2D eigenvalue weighted by atomic mass is 32.1. The van der Waals surface area contributed by atoms with E-state index >= 15 is 0 Å². The van der Waals surface area contributed by atoms with Gasteiger partial charge in [0.1, 0.15) is 6.07 Å². The molecule has 0 saturated carbocycles. The van der Waals surface area contributed by atoms with Crippen LogP contribution < -0.4 is 10.6 Å². The number of nitrogens with zero attached hydrogens (tertiary/aromatic N) is 3. The van der Waals surface area contributed by atoms with Crippen LogP contribution in [0.25, 0.3) is 31.4 Å². The lowest BCUT2D eigenvalue weighted by Gasteiger charge is -2.26. The predicted molar refractivity (Wildman–Crippen MR) is 150 cm³/mol. The highest BCUT2D eigenvalue weighted by Crippen LogP contribution is 2.40. The minimum absolute atomic E-state index is 0.521. The number of hydrogen-bond acceptors (Lipinski definition) is 7. The molecule has 6 rings (SSSR count). The first-order chi connectivity index (χ1) is 18.3. The van der Waals surface area contributed by atoms with Crippen LogP contribution in [0.2, 0.25) is 0 Å². The van der Waals surface area contributed by atoms with Crippen molar-refractivity contribution in [3.8, 4) is 16.5 Å². The Morgan fingerprint density at radius 1 is 1.11 bits per heavy atom. The topological polar surface area (TPSA) is 89.0 Å². The van der Waals surface area contributed by atoms with Gasteiger partial charge in [0.05, 0.1) is 24.5 Å². The highest BCUT2D eigenvalue weighted by molar-refractivity contribution is 7.22. The number of nitriles is 1. The molecule has 5 aromatic rings. The molecule has 0 atom stereocenters. The Balaban J connectivity index is 1.23. The van der Waals surface area contributed by atoms with E-state index in [4.69, 9.17) is 4.74 Å². The van der Waals surface area contributed by atoms with Crippen molar-refractivity contribution in [2.24, 2.45) is 0 Å². The molecular formula is C29H28N6OS. The molecule has 1 fully saturated rings. The van der Waals surface area contributed by atoms with Crippen LogP contribution in [0, 0.1) is 11.3 Å². The van der Waals surface area contributed by atoms with Crippen LogP contribution in [0.15, 0.2) is 67.1 Å². The molecule has 0 bridgehead atoms. The first kappa shape index (κ1) is 23.6. The lowest BCUT2D eigenvalue weighted by Crippen LogP contribution is -2.40. The molecule has 0 radical (unpaired) electrons. The summed E-state index contributed by atoms with van der Waals surface area (Å²) in [5.74, 6) is 0. The fourth-order valence-electron chi connectivity index (χ4n) is 4.83. The van der Waals surface area contributed by atoms with Crippen LogP contribution in [-0.2, 0) is 11.3 Å². The number of H-pyrrole nitrogens is 1. The highest BCUT2D eigenvalue weighted by Gasteiger charge is 2.16. The summed E-state index contributed by atoms with van der Waals surface area (Å²) in [6.45, 7) is 6.55. The third kappa shape index (κ3) is 5.08. The standard InChI is InChI=1S/C29H28N6OS/c30-16-22-18-32-19-24(29(22)34-26-3-1-2-25-23(26)6-7-33-25)28-15-21-14-20(4-5-27(21)37-28)17-31-8-9-35-10-12-36-13-11-35/h1-7,14-15,18-19,31,33H,8-13,17H2,(H,32,34). The number of anilines is 2. The Morgan fingerprint density at radius 3 is 2.92 bits per heavy atom. The van der Waals surface area contributed by atoms with Crippen LogP contribution in [0.1, 0.15) is 11.1 Å². The number of hydrogen-bond donors (Lipinski definition) is 3. The van der Waals surface area contributed by atoms with Gasteiger partial charge in [-0.2, -0.15) is 5.26 Å². The molecule has 0 unspecified atom stereocenters. The monoisotopic (exact) mass is 508 g/mol. The largest absolute Gasteiger partial charge is 0.379 e. The maximum atomic E-state index is 9.85. The molecule has 0 aliphatic carbocycles. The van der Waals surface area contributed by atoms with Crippen molar-refractivity contribution < 1.29 is 4.74 Å². The third-order valence-electron chi connectivity index (χ3n) is 6.80. The number of morpholine rings is 1. The minimum Gasteiger partial charge on any atom is -0.379 e. The van der Waals surface area contributed by atoms with E-state index < -0.39 is 0 Å². The molecule has 2 aromatic carbocycles. The van der Waals surface area contributed by atoms with Crippen molar-refractivity contribution >= 4 is 43.7 Å². The van der Waals surface area contributed by atoms with Crippen molar-refractivity contribution in [3.05, 3.63) is 78.2 Å². The summed E-state index contributed by atoms with van der Waals surface area (Å²) >= 11 is 1.72. The lowest BCUT2D eigenvalue weighted by atomic mass is 10.1. The maximum absolute atomic E-state index is 9.85. The summed E-state index contributed by atoms with van der Waals surface area (Å²) in [6.07, 6.45) is 5.39. The van der Waals surface area contributed by atoms with Crippen LogP contribution in [0.3, 0.4) is 0 Å². The molecule has 1 aliphatic heterocycles. The summed E-state index contributed by atoms with van der Waals surface area (Å²) < 4.78 is 6.64. The van der Waals surface area contributed by atoms with Crippen molar-refractivity contribution in [2.75, 3.05) is 44.7 Å². The van der Waals surface area contributed by atoms with Gasteiger partial charge < -0.3 is 20.4 Å². The van der Waals surface area contributed by atoms with Gasteiger partial charge in [-0.25, -0.2) is 0 Å². The zero-order chi connectivity index (χ0) is 25.0. The summed E-state index contributed by atoms with van der Waals surface area (Å²) in [5, 5.41) is 19.3. The molecule has 4 heterocycles. The van der Waals surface area contributed by atoms with Gasteiger partial charge >= 0.3 is 0 Å². The van der Waals surface area contributed by atoms with Gasteiger partial charge in [0.15, 0.2) is 0 Å². The van der Waals surface area contributed by atoms with Crippen LogP contribution >= 0.6 is 11.3 Å². The van der Waals surface area contributed by atoms with Crippen LogP contribution in [0.4, 0.5) is 11.4 Å². The number of benzene rings is 2. The second-order valence-corrected chi connectivity index (χ2v) is 10.3. The zero-order valence-corrected chi connectivity index (χ0v) is 21.3. The zero-order valence-electron chi connectivity index (χ0n) is 20.5. The normalized spacial score (nSPS) is 14.2. The average Bonchev–Trinajstić information content (AvgIpc) is 3.59. The molecule has 186 valence electrons. The second-order valence-electron chi connectivity index (χ2n) is 9.20. The summed E-state index contributed by atoms with van der Waals surface area (Å²) in [7, 11) is 0. The molecule has 1 saturated heterocycles. The van der Waals surface area contributed by atoms with Gasteiger partial charge in [-0.15, -0.1) is 11.3 Å². The van der Waals surface area contributed by atoms with E-state index in [1.54, 1.807) is 17.5 Å². The number of pyridine rings is 1. The number of thiophene rings is 1. The van der Waals surface area contributed by atoms with Crippen molar-refractivity contribution in [3.63, 3.8) is 0 Å². The van der Waals surface area contributed by atoms with E-state index in [0.29, 0.717) is 5.56 Å². The molecular weight excluding hydrogens is 480 g/mol. The first-order valence-electron chi connectivity index (χ1n) is 12.5. The molecule has 1 aliphatic rings. The van der Waals surface area contributed by atoms with Gasteiger partial charge in [0.25, 0.3) is 0 Å². The Hall–Kier alpha value is -3.74. The molecule has 0 amide bonds. The van der Waals surface area contributed by atoms with Crippen molar-refractivity contribution in [1.82, 2.24) is 20.2 Å². The van der Waals surface area contributed by atoms with Crippen molar-refractivity contribution in [2.45, 2.75) is 6.54 Å². The summed E-state index contributed by atoms with van der Waals surface area (Å²) in [5.41, 5.74) is 5.50. The lowest BCUT2D eigenvalue weighted by molar-refractivity contribution is 0.0384. The van der Waals surface area contributed by atoms with E-state index in [2.05, 4.69) is 55.8 Å². The van der Waals surface area contributed by atoms with Crippen LogP contribution in [0.5, 0.6) is 0 Å². The van der Waals surface area contributed by atoms with E-state index in [1.807, 2.05) is 36.7 Å². The molecule has 0 spiro atoms. The van der Waals surface area contributed by atoms with Crippen molar-refractivity contribution in [1.29, 1.82) is 5.26 Å². The van der Waals surface area contributed by atoms with E-state index in [-0.39, 0.29) is 0 Å². The molecule has 3 aromatic heterocycles. The fraction of sp³-hybridized carbons (Fsp3) is 0.241. The first-order valence-corrected chi connectivity index (χ1v) is 13.3. The smallest absolute Gasteiger partial charge is 0.103 e. The Bertz CT molecular complexity index is 1580. The molecule has 3 N–H and O–H groups in total. The SMILES string of the molecule is N#Cc1cncc(-c2cc3cc(CNCCN4CCOCC4)ccc3s2)c1Nc1cccc2[nH]ccc12. The minimum atomic E-state index is 0.521. The summed E-state index contributed by atoms with van der Waals surface area (Å²) in [4.78, 5) is 11.2. The van der Waals surface area contributed by atoms with Gasteiger partial charge in [-0.1, -0.05) is 12.1 Å². The number of nitrogens with one attached hydrogen (secondary N) is 3. The van der Waals surface area contributed by atoms with Crippen LogP contribution in [-0.4, -0.2) is 54.3 Å². The molecule has 7 nitrogen and oxygen atoms in total. The Labute approximate surface area is 219 Å². The maximum Gasteiger partial charge on any atom is 0.103 e. The Morgan fingerprint density at radius 2 is 2.03 bits per heavy atom. The predicted octanol–water partition coefficient (Wildman–Crippen LogP) is 5.48. The van der Waals surface area contributed by atoms with Gasteiger partial charge in [0.2, 0.25) is 0 Å². The average molecular weight is 509 g/mol. The van der Waals surface area contributed by atoms with Gasteiger partial charge in [-0.3, -0.25) is 9.88 Å². The van der Waals surface area contributed by atoms with Gasteiger partial charge in [0, 0.05) is 83.0 Å². The summed E-state index contributed by atoms with van der Waals surface area (Å²) in [6, 6.07) is 19.3. The number of ether oxygens (including phenoxy) is 1. The number of aromatic nitrogens is 2. The van der Waals surface area contributed by atoms with E-state index in [0.717, 1.165) is 78.7 Å². The number of fused-ring (bicyclic) bond motifs is 2. The Kier molecular flexibility index (Phi) is 6.84. The quantitative estimate of drug-likeness (QED) is 0.241. The number of aromatic amines is 1. The molecule has 37 heavy (non-hydrogen) atoms. The van der Waals surface area contributed by atoms with E-state index in [1.165, 1.54) is 15.6 Å². The fourth-order valence-corrected chi connectivity index (χ4v) is 5.89. The third-order valence-corrected chi connectivity index (χ3v) is 7.95. The van der Waals surface area contributed by atoms with E-state index in [9.17, 15) is 5.26 Å². The second kappa shape index (κ2) is 10.7. The van der Waals surface area contributed by atoms with Gasteiger partial charge in [-0.05, 0) is 47.3 Å². The number of rotatable bonds is 8.